The van der Waals surface area contributed by atoms with Crippen molar-refractivity contribution >= 4 is 0 Å². The van der Waals surface area contributed by atoms with E-state index in [0.29, 0.717) is 17.5 Å². The minimum absolute atomic E-state index is 0.385. The van der Waals surface area contributed by atoms with E-state index in [0.717, 1.165) is 13.1 Å². The van der Waals surface area contributed by atoms with Gasteiger partial charge in [0.1, 0.15) is 5.82 Å². The molecule has 1 aliphatic heterocycles. The van der Waals surface area contributed by atoms with Crippen LogP contribution in [0.1, 0.15) is 45.4 Å². The molecule has 0 radical (unpaired) electrons. The Morgan fingerprint density at radius 1 is 1.40 bits per heavy atom. The molecule has 1 saturated heterocycles. The fourth-order valence-corrected chi connectivity index (χ4v) is 3.96. The van der Waals surface area contributed by atoms with Gasteiger partial charge in [0.25, 0.3) is 0 Å². The van der Waals surface area contributed by atoms with Crippen LogP contribution in [0.4, 0.5) is 0 Å². The molecule has 0 amide bonds. The molecule has 0 bridgehead atoms. The van der Waals surface area contributed by atoms with Crippen LogP contribution in [-0.4, -0.2) is 39.1 Å². The lowest BCUT2D eigenvalue weighted by Gasteiger charge is -2.47. The van der Waals surface area contributed by atoms with Crippen LogP contribution >= 0.6 is 0 Å². The van der Waals surface area contributed by atoms with Gasteiger partial charge in [0, 0.05) is 44.1 Å². The van der Waals surface area contributed by atoms with E-state index in [1.54, 1.807) is 0 Å². The summed E-state index contributed by atoms with van der Waals surface area (Å²) in [6, 6.07) is 0.623. The van der Waals surface area contributed by atoms with Gasteiger partial charge in [-0.3, -0.25) is 4.90 Å². The fourth-order valence-electron chi connectivity index (χ4n) is 3.96. The summed E-state index contributed by atoms with van der Waals surface area (Å²) in [6.45, 7) is 7.97. The van der Waals surface area contributed by atoms with Crippen molar-refractivity contribution in [2.75, 3.05) is 13.1 Å². The summed E-state index contributed by atoms with van der Waals surface area (Å²) in [4.78, 5) is 7.19. The summed E-state index contributed by atoms with van der Waals surface area (Å²) in [5.41, 5.74) is 0.385. The molecule has 1 unspecified atom stereocenters. The van der Waals surface area contributed by atoms with Crippen molar-refractivity contribution in [3.05, 3.63) is 18.2 Å². The van der Waals surface area contributed by atoms with Gasteiger partial charge in [-0.15, -0.1) is 0 Å². The Morgan fingerprint density at radius 2 is 2.15 bits per heavy atom. The Bertz CT molecular complexity index is 445. The van der Waals surface area contributed by atoms with Crippen molar-refractivity contribution in [1.82, 2.24) is 19.8 Å². The molecule has 112 valence electrons. The van der Waals surface area contributed by atoms with E-state index in [4.69, 9.17) is 0 Å². The van der Waals surface area contributed by atoms with Gasteiger partial charge in [0.2, 0.25) is 0 Å². The zero-order valence-electron chi connectivity index (χ0n) is 13.1. The lowest BCUT2D eigenvalue weighted by molar-refractivity contribution is 0.0481. The summed E-state index contributed by atoms with van der Waals surface area (Å²) in [5.74, 6) is 1.87. The van der Waals surface area contributed by atoms with Crippen molar-refractivity contribution in [2.24, 2.45) is 13.0 Å². The smallest absolute Gasteiger partial charge is 0.122 e. The molecular formula is C16H28N4. The van der Waals surface area contributed by atoms with Gasteiger partial charge >= 0.3 is 0 Å². The van der Waals surface area contributed by atoms with Crippen LogP contribution in [0.2, 0.25) is 0 Å². The summed E-state index contributed by atoms with van der Waals surface area (Å²) in [5, 5.41) is 3.88. The molecule has 1 spiro atoms. The van der Waals surface area contributed by atoms with Crippen molar-refractivity contribution in [1.29, 1.82) is 0 Å². The second kappa shape index (κ2) is 5.49. The first-order valence-corrected chi connectivity index (χ1v) is 8.05. The highest BCUT2D eigenvalue weighted by molar-refractivity contribution is 5.03. The lowest BCUT2D eigenvalue weighted by Crippen LogP contribution is -2.64. The highest BCUT2D eigenvalue weighted by Gasteiger charge is 2.41. The van der Waals surface area contributed by atoms with Gasteiger partial charge in [-0.25, -0.2) is 4.98 Å². The topological polar surface area (TPSA) is 33.1 Å². The first kappa shape index (κ1) is 14.1. The van der Waals surface area contributed by atoms with E-state index in [2.05, 4.69) is 40.7 Å². The largest absolute Gasteiger partial charge is 0.337 e. The number of nitrogens with zero attached hydrogens (tertiary/aromatic N) is 3. The van der Waals surface area contributed by atoms with Crippen molar-refractivity contribution in [3.8, 4) is 0 Å². The second-order valence-corrected chi connectivity index (χ2v) is 7.04. The van der Waals surface area contributed by atoms with E-state index < -0.39 is 0 Å². The molecule has 2 aliphatic rings. The molecule has 1 N–H and O–H groups in total. The van der Waals surface area contributed by atoms with Crippen LogP contribution in [0.3, 0.4) is 0 Å². The Kier molecular flexibility index (Phi) is 3.87. The SMILES string of the molecule is CC(C)C1CNC2(CCCC2)CN1Cc1nccn1C. The van der Waals surface area contributed by atoms with Gasteiger partial charge in [-0.2, -0.15) is 0 Å². The first-order chi connectivity index (χ1) is 9.60. The second-order valence-electron chi connectivity index (χ2n) is 7.04. The maximum Gasteiger partial charge on any atom is 0.122 e. The number of hydrogen-bond donors (Lipinski definition) is 1. The molecular weight excluding hydrogens is 248 g/mol. The number of piperazine rings is 1. The lowest BCUT2D eigenvalue weighted by atomic mass is 9.89. The summed E-state index contributed by atoms with van der Waals surface area (Å²) in [7, 11) is 2.10. The van der Waals surface area contributed by atoms with Gasteiger partial charge < -0.3 is 9.88 Å². The predicted molar refractivity (Wildman–Crippen MR) is 81.4 cm³/mol. The van der Waals surface area contributed by atoms with Crippen LogP contribution in [0.15, 0.2) is 12.4 Å². The maximum absolute atomic E-state index is 4.52. The van der Waals surface area contributed by atoms with Crippen LogP contribution in [0.25, 0.3) is 0 Å². The molecule has 2 fully saturated rings. The minimum Gasteiger partial charge on any atom is -0.337 e. The molecule has 1 aromatic rings. The van der Waals surface area contributed by atoms with Gasteiger partial charge in [0.15, 0.2) is 0 Å². The maximum atomic E-state index is 4.52. The van der Waals surface area contributed by atoms with Crippen molar-refractivity contribution < 1.29 is 0 Å². The Labute approximate surface area is 122 Å². The molecule has 4 heteroatoms. The van der Waals surface area contributed by atoms with Crippen LogP contribution < -0.4 is 5.32 Å². The summed E-state index contributed by atoms with van der Waals surface area (Å²) < 4.78 is 2.15. The predicted octanol–water partition coefficient (Wildman–Crippen LogP) is 2.16. The number of rotatable bonds is 3. The molecule has 1 aromatic heterocycles. The number of aromatic nitrogens is 2. The molecule has 20 heavy (non-hydrogen) atoms. The van der Waals surface area contributed by atoms with Gasteiger partial charge in [-0.05, 0) is 18.8 Å². The van der Waals surface area contributed by atoms with E-state index in [1.807, 2.05) is 12.4 Å². The van der Waals surface area contributed by atoms with Crippen molar-refractivity contribution in [3.63, 3.8) is 0 Å². The third-order valence-electron chi connectivity index (χ3n) is 5.26. The highest BCUT2D eigenvalue weighted by Crippen LogP contribution is 2.34. The van der Waals surface area contributed by atoms with Crippen LogP contribution in [0, 0.1) is 5.92 Å². The van der Waals surface area contributed by atoms with Crippen molar-refractivity contribution in [2.45, 2.75) is 57.7 Å². The average Bonchev–Trinajstić information content (AvgIpc) is 3.00. The van der Waals surface area contributed by atoms with E-state index in [9.17, 15) is 0 Å². The molecule has 4 nitrogen and oxygen atoms in total. The number of hydrogen-bond acceptors (Lipinski definition) is 3. The Hall–Kier alpha value is -0.870. The third kappa shape index (κ3) is 2.63. The molecule has 0 aromatic carbocycles. The van der Waals surface area contributed by atoms with E-state index >= 15 is 0 Å². The summed E-state index contributed by atoms with van der Waals surface area (Å²) >= 11 is 0. The number of aryl methyl sites for hydroxylation is 1. The molecule has 2 heterocycles. The monoisotopic (exact) mass is 276 g/mol. The van der Waals surface area contributed by atoms with Gasteiger partial charge in [-0.1, -0.05) is 26.7 Å². The summed E-state index contributed by atoms with van der Waals surface area (Å²) in [6.07, 6.45) is 9.41. The Morgan fingerprint density at radius 3 is 2.75 bits per heavy atom. The third-order valence-corrected chi connectivity index (χ3v) is 5.26. The quantitative estimate of drug-likeness (QED) is 0.918. The number of nitrogens with one attached hydrogen (secondary N) is 1. The highest BCUT2D eigenvalue weighted by atomic mass is 15.3. The molecule has 3 rings (SSSR count). The minimum atomic E-state index is 0.385. The fraction of sp³-hybridized carbons (Fsp3) is 0.812. The Balaban J connectivity index is 1.77. The molecule has 1 aliphatic carbocycles. The van der Waals surface area contributed by atoms with Crippen LogP contribution in [-0.2, 0) is 13.6 Å². The zero-order valence-corrected chi connectivity index (χ0v) is 13.1. The van der Waals surface area contributed by atoms with E-state index in [1.165, 1.54) is 38.1 Å². The van der Waals surface area contributed by atoms with Gasteiger partial charge in [0.05, 0.1) is 6.54 Å². The number of imidazole rings is 1. The van der Waals surface area contributed by atoms with Crippen LogP contribution in [0.5, 0.6) is 0 Å². The standard InChI is InChI=1S/C16H28N4/c1-13(2)14-10-18-16(6-4-5-7-16)12-20(14)11-15-17-8-9-19(15)3/h8-9,13-14,18H,4-7,10-12H2,1-3H3. The molecule has 1 atom stereocenters. The molecule has 1 saturated carbocycles. The first-order valence-electron chi connectivity index (χ1n) is 8.05. The normalized spacial score (nSPS) is 26.7. The van der Waals surface area contributed by atoms with E-state index in [-0.39, 0.29) is 0 Å². The zero-order chi connectivity index (χ0) is 14.2. The average molecular weight is 276 g/mol.